The van der Waals surface area contributed by atoms with Crippen LogP contribution in [0.25, 0.3) is 0 Å². The maximum atomic E-state index is 6.00. The van der Waals surface area contributed by atoms with Gasteiger partial charge in [-0.1, -0.05) is 26.5 Å². The molecular formula is C9H20ClOSi2. The second-order valence-corrected chi connectivity index (χ2v) is 12.6. The van der Waals surface area contributed by atoms with E-state index in [4.69, 9.17) is 15.5 Å². The molecule has 0 N–H and O–H groups in total. The molecule has 77 valence electrons. The van der Waals surface area contributed by atoms with E-state index in [1.54, 1.807) is 0 Å². The van der Waals surface area contributed by atoms with Crippen LogP contribution in [-0.2, 0) is 4.43 Å². The summed E-state index contributed by atoms with van der Waals surface area (Å²) in [7, 11) is -2.56. The second-order valence-electron chi connectivity index (χ2n) is 4.70. The first-order valence-corrected chi connectivity index (χ1v) is 10.2. The van der Waals surface area contributed by atoms with Gasteiger partial charge in [0, 0.05) is 6.23 Å². The molecule has 0 aromatic heterocycles. The first kappa shape index (κ1) is 13.4. The smallest absolute Gasteiger partial charge is 0.217 e. The van der Waals surface area contributed by atoms with Gasteiger partial charge in [-0.05, 0) is 18.1 Å². The van der Waals surface area contributed by atoms with Crippen LogP contribution < -0.4 is 0 Å². The van der Waals surface area contributed by atoms with E-state index < -0.39 is 16.4 Å². The fourth-order valence-corrected chi connectivity index (χ4v) is 3.56. The largest absolute Gasteiger partial charge is 0.418 e. The minimum Gasteiger partial charge on any atom is -0.418 e. The number of halogens is 1. The van der Waals surface area contributed by atoms with Crippen molar-refractivity contribution in [3.05, 3.63) is 12.3 Å². The zero-order chi connectivity index (χ0) is 10.7. The predicted octanol–water partition coefficient (Wildman–Crippen LogP) is 3.50. The Morgan fingerprint density at radius 1 is 1.46 bits per heavy atom. The minimum absolute atomic E-state index is 0.271. The summed E-state index contributed by atoms with van der Waals surface area (Å²) in [5.74, 6) is 0. The van der Waals surface area contributed by atoms with Crippen molar-refractivity contribution in [1.29, 1.82) is 0 Å². The Balaban J connectivity index is 4.11. The zero-order valence-electron chi connectivity index (χ0n) is 9.28. The molecule has 1 radical (unpaired) electrons. The molecule has 0 saturated heterocycles. The molecule has 0 bridgehead atoms. The van der Waals surface area contributed by atoms with Gasteiger partial charge in [0.1, 0.15) is 0 Å². The topological polar surface area (TPSA) is 9.23 Å². The van der Waals surface area contributed by atoms with E-state index in [9.17, 15) is 0 Å². The molecule has 0 aromatic rings. The summed E-state index contributed by atoms with van der Waals surface area (Å²) >= 11 is 6.00. The average Bonchev–Trinajstić information content (AvgIpc) is 1.98. The van der Waals surface area contributed by atoms with Gasteiger partial charge >= 0.3 is 0 Å². The summed E-state index contributed by atoms with van der Waals surface area (Å²) in [5.41, 5.74) is 1.82. The number of hydrogen-bond acceptors (Lipinski definition) is 1. The van der Waals surface area contributed by atoms with E-state index >= 15 is 0 Å². The van der Waals surface area contributed by atoms with Crippen LogP contribution in [0.15, 0.2) is 12.3 Å². The SMILES string of the molecule is C=C[Si](Cl)CO[Si](C)(C)C(C)(C)C. The van der Waals surface area contributed by atoms with Crippen molar-refractivity contribution < 1.29 is 4.43 Å². The van der Waals surface area contributed by atoms with Gasteiger partial charge < -0.3 is 4.43 Å². The molecule has 0 spiro atoms. The Morgan fingerprint density at radius 2 is 1.92 bits per heavy atom. The number of rotatable bonds is 4. The predicted molar refractivity (Wildman–Crippen MR) is 65.0 cm³/mol. The molecule has 0 fully saturated rings. The van der Waals surface area contributed by atoms with Crippen molar-refractivity contribution >= 4 is 27.5 Å². The van der Waals surface area contributed by atoms with Gasteiger partial charge in [0.2, 0.25) is 8.11 Å². The van der Waals surface area contributed by atoms with Gasteiger partial charge in [0.25, 0.3) is 0 Å². The first-order valence-electron chi connectivity index (χ1n) is 4.48. The number of hydrogen-bond donors (Lipinski definition) is 0. The fraction of sp³-hybridized carbons (Fsp3) is 0.778. The molecule has 0 aliphatic heterocycles. The van der Waals surface area contributed by atoms with Crippen LogP contribution in [-0.4, -0.2) is 22.7 Å². The first-order chi connectivity index (χ1) is 5.70. The van der Waals surface area contributed by atoms with Gasteiger partial charge in [-0.15, -0.1) is 6.58 Å². The molecule has 0 atom stereocenters. The van der Waals surface area contributed by atoms with E-state index in [2.05, 4.69) is 40.4 Å². The zero-order valence-corrected chi connectivity index (χ0v) is 12.0. The lowest BCUT2D eigenvalue weighted by atomic mass is 10.2. The Kier molecular flexibility index (Phi) is 4.93. The summed E-state index contributed by atoms with van der Waals surface area (Å²) in [6.45, 7) is 14.8. The lowest BCUT2D eigenvalue weighted by Crippen LogP contribution is -2.42. The van der Waals surface area contributed by atoms with Gasteiger partial charge in [-0.3, -0.25) is 0 Å². The van der Waals surface area contributed by atoms with Gasteiger partial charge in [0.15, 0.2) is 8.32 Å². The van der Waals surface area contributed by atoms with Crippen LogP contribution in [0, 0.1) is 0 Å². The van der Waals surface area contributed by atoms with Crippen molar-refractivity contribution in [3.8, 4) is 0 Å². The lowest BCUT2D eigenvalue weighted by molar-refractivity contribution is 0.347. The quantitative estimate of drug-likeness (QED) is 0.536. The maximum Gasteiger partial charge on any atom is 0.217 e. The molecule has 1 nitrogen and oxygen atoms in total. The van der Waals surface area contributed by atoms with Crippen LogP contribution in [0.1, 0.15) is 20.8 Å². The van der Waals surface area contributed by atoms with Crippen LogP contribution in [0.4, 0.5) is 0 Å². The Hall–Kier alpha value is 0.424. The van der Waals surface area contributed by atoms with Crippen molar-refractivity contribution in [2.24, 2.45) is 0 Å². The van der Waals surface area contributed by atoms with Crippen LogP contribution >= 0.6 is 11.1 Å². The Bertz CT molecular complexity index is 175. The molecule has 0 unspecified atom stereocenters. The molecule has 0 amide bonds. The highest BCUT2D eigenvalue weighted by Gasteiger charge is 2.37. The molecule has 4 heteroatoms. The molecule has 0 aromatic carbocycles. The summed E-state index contributed by atoms with van der Waals surface area (Å²) < 4.78 is 5.93. The van der Waals surface area contributed by atoms with Gasteiger partial charge in [-0.25, -0.2) is 0 Å². The van der Waals surface area contributed by atoms with Crippen LogP contribution in [0.3, 0.4) is 0 Å². The molecular weight excluding hydrogens is 216 g/mol. The molecule has 0 heterocycles. The molecule has 0 rings (SSSR count). The lowest BCUT2D eigenvalue weighted by Gasteiger charge is -2.36. The monoisotopic (exact) mass is 235 g/mol. The van der Waals surface area contributed by atoms with E-state index in [1.165, 1.54) is 0 Å². The fourth-order valence-electron chi connectivity index (χ4n) is 0.525. The normalized spacial score (nSPS) is 13.5. The van der Waals surface area contributed by atoms with Crippen LogP contribution in [0.2, 0.25) is 18.1 Å². The maximum absolute atomic E-state index is 6.00. The van der Waals surface area contributed by atoms with E-state index in [0.717, 1.165) is 0 Å². The Labute approximate surface area is 89.6 Å². The van der Waals surface area contributed by atoms with Crippen molar-refractivity contribution in [2.75, 3.05) is 6.23 Å². The van der Waals surface area contributed by atoms with E-state index in [1.807, 2.05) is 5.70 Å². The summed E-state index contributed by atoms with van der Waals surface area (Å²) in [6, 6.07) is 0. The summed E-state index contributed by atoms with van der Waals surface area (Å²) in [5, 5.41) is 0.271. The third-order valence-electron chi connectivity index (χ3n) is 2.60. The molecule has 13 heavy (non-hydrogen) atoms. The van der Waals surface area contributed by atoms with E-state index in [0.29, 0.717) is 6.23 Å². The summed E-state index contributed by atoms with van der Waals surface area (Å²) in [6.07, 6.45) is 0.687. The summed E-state index contributed by atoms with van der Waals surface area (Å²) in [4.78, 5) is 0. The highest BCUT2D eigenvalue weighted by Crippen LogP contribution is 2.36. The third kappa shape index (κ3) is 4.45. The third-order valence-corrected chi connectivity index (χ3v) is 9.02. The van der Waals surface area contributed by atoms with Crippen molar-refractivity contribution in [1.82, 2.24) is 0 Å². The average molecular weight is 236 g/mol. The van der Waals surface area contributed by atoms with Crippen molar-refractivity contribution in [2.45, 2.75) is 38.9 Å². The molecule has 0 aliphatic carbocycles. The molecule has 0 saturated carbocycles. The van der Waals surface area contributed by atoms with E-state index in [-0.39, 0.29) is 5.04 Å². The highest BCUT2D eigenvalue weighted by molar-refractivity contribution is 7.10. The Morgan fingerprint density at radius 3 is 2.23 bits per heavy atom. The molecule has 0 aliphatic rings. The van der Waals surface area contributed by atoms with Gasteiger partial charge in [-0.2, -0.15) is 11.1 Å². The van der Waals surface area contributed by atoms with Crippen LogP contribution in [0.5, 0.6) is 0 Å². The van der Waals surface area contributed by atoms with Crippen molar-refractivity contribution in [3.63, 3.8) is 0 Å². The standard InChI is InChI=1S/C9H20ClOSi2/c1-7-12(10)8-11-13(5,6)9(2,3)4/h7H,1,8H2,2-6H3. The minimum atomic E-state index is -1.59. The van der Waals surface area contributed by atoms with Gasteiger partial charge in [0.05, 0.1) is 0 Å². The second kappa shape index (κ2) is 4.78. The highest BCUT2D eigenvalue weighted by atomic mass is 35.6.